The van der Waals surface area contributed by atoms with Crippen molar-refractivity contribution >= 4 is 11.8 Å². The maximum atomic E-state index is 13.2. The molecule has 0 unspecified atom stereocenters. The molecule has 0 saturated heterocycles. The lowest BCUT2D eigenvalue weighted by Gasteiger charge is -2.09. The lowest BCUT2D eigenvalue weighted by atomic mass is 10.3. The van der Waals surface area contributed by atoms with Gasteiger partial charge in [-0.3, -0.25) is 9.59 Å². The van der Waals surface area contributed by atoms with Crippen LogP contribution in [0.5, 0.6) is 0 Å². The summed E-state index contributed by atoms with van der Waals surface area (Å²) in [5, 5.41) is 6.72. The quantitative estimate of drug-likeness (QED) is 0.903. The molecule has 0 saturated carbocycles. The lowest BCUT2D eigenvalue weighted by Crippen LogP contribution is -2.30. The number of nitrogens with one attached hydrogen (secondary N) is 1. The first-order chi connectivity index (χ1) is 10.5. The van der Waals surface area contributed by atoms with Gasteiger partial charge in [0.05, 0.1) is 5.69 Å². The van der Waals surface area contributed by atoms with Gasteiger partial charge in [0.15, 0.2) is 5.69 Å². The van der Waals surface area contributed by atoms with Gasteiger partial charge in [-0.15, -0.1) is 0 Å². The van der Waals surface area contributed by atoms with Gasteiger partial charge in [0.2, 0.25) is 5.91 Å². The van der Waals surface area contributed by atoms with Crippen molar-refractivity contribution in [3.05, 3.63) is 48.0 Å². The summed E-state index contributed by atoms with van der Waals surface area (Å²) < 4.78 is 14.6. The van der Waals surface area contributed by atoms with Crippen LogP contribution in [0.3, 0.4) is 0 Å². The summed E-state index contributed by atoms with van der Waals surface area (Å²) in [6, 6.07) is 7.45. The Morgan fingerprint density at radius 1 is 1.32 bits per heavy atom. The largest absolute Gasteiger partial charge is 0.350 e. The van der Waals surface area contributed by atoms with Gasteiger partial charge in [0.25, 0.3) is 5.91 Å². The third-order valence-electron chi connectivity index (χ3n) is 3.02. The van der Waals surface area contributed by atoms with E-state index in [1.165, 1.54) is 27.8 Å². The van der Waals surface area contributed by atoms with Crippen LogP contribution in [-0.4, -0.2) is 47.1 Å². The van der Waals surface area contributed by atoms with Crippen LogP contribution in [0.1, 0.15) is 16.9 Å². The summed E-state index contributed by atoms with van der Waals surface area (Å²) in [5.41, 5.74) is 0.739. The fraction of sp³-hybridized carbons (Fsp3) is 0.267. The maximum absolute atomic E-state index is 13.2. The molecule has 1 N–H and O–H groups in total. The number of hydrogen-bond donors (Lipinski definition) is 1. The van der Waals surface area contributed by atoms with Crippen molar-refractivity contribution in [1.29, 1.82) is 0 Å². The molecule has 0 aliphatic rings. The molecule has 0 radical (unpaired) electrons. The molecule has 0 spiro atoms. The molecule has 116 valence electrons. The second-order valence-electron chi connectivity index (χ2n) is 4.92. The average molecular weight is 304 g/mol. The second-order valence-corrected chi connectivity index (χ2v) is 4.92. The number of benzene rings is 1. The minimum Gasteiger partial charge on any atom is -0.350 e. The first-order valence-corrected chi connectivity index (χ1v) is 6.77. The van der Waals surface area contributed by atoms with Crippen molar-refractivity contribution in [1.82, 2.24) is 20.0 Å². The molecule has 0 atom stereocenters. The molecule has 22 heavy (non-hydrogen) atoms. The molecule has 6 nitrogen and oxygen atoms in total. The Kier molecular flexibility index (Phi) is 4.88. The van der Waals surface area contributed by atoms with E-state index >= 15 is 0 Å². The highest BCUT2D eigenvalue weighted by molar-refractivity contribution is 5.92. The third kappa shape index (κ3) is 3.91. The summed E-state index contributed by atoms with van der Waals surface area (Å²) in [4.78, 5) is 24.8. The number of nitrogens with zero attached hydrogens (tertiary/aromatic N) is 3. The fourth-order valence-electron chi connectivity index (χ4n) is 1.80. The van der Waals surface area contributed by atoms with E-state index in [4.69, 9.17) is 0 Å². The average Bonchev–Trinajstić information content (AvgIpc) is 2.96. The van der Waals surface area contributed by atoms with Crippen LogP contribution in [0.15, 0.2) is 36.5 Å². The standard InChI is InChI=1S/C15H17FN4O2/c1-19(2)14(21)6-8-17-15(22)13-7-9-20(18-13)12-5-3-4-11(16)10-12/h3-5,7,9-10H,6,8H2,1-2H3,(H,17,22). The number of aromatic nitrogens is 2. The zero-order valence-electron chi connectivity index (χ0n) is 12.4. The zero-order valence-corrected chi connectivity index (χ0v) is 12.4. The molecule has 7 heteroatoms. The summed E-state index contributed by atoms with van der Waals surface area (Å²) in [7, 11) is 3.32. The Balaban J connectivity index is 1.96. The molecule has 1 heterocycles. The van der Waals surface area contributed by atoms with Crippen LogP contribution in [0, 0.1) is 5.82 Å². The van der Waals surface area contributed by atoms with Crippen molar-refractivity contribution < 1.29 is 14.0 Å². The SMILES string of the molecule is CN(C)C(=O)CCNC(=O)c1ccn(-c2cccc(F)c2)n1. The van der Waals surface area contributed by atoms with E-state index in [-0.39, 0.29) is 36.3 Å². The van der Waals surface area contributed by atoms with Crippen LogP contribution in [0.4, 0.5) is 4.39 Å². The molecule has 2 amide bonds. The van der Waals surface area contributed by atoms with Crippen LogP contribution < -0.4 is 5.32 Å². The Morgan fingerprint density at radius 2 is 2.09 bits per heavy atom. The molecule has 2 rings (SSSR count). The van der Waals surface area contributed by atoms with Crippen LogP contribution in [0.2, 0.25) is 0 Å². The topological polar surface area (TPSA) is 67.2 Å². The zero-order chi connectivity index (χ0) is 16.1. The van der Waals surface area contributed by atoms with E-state index in [1.54, 1.807) is 32.4 Å². The molecule has 1 aromatic carbocycles. The van der Waals surface area contributed by atoms with Gasteiger partial charge >= 0.3 is 0 Å². The third-order valence-corrected chi connectivity index (χ3v) is 3.02. The minimum absolute atomic E-state index is 0.0643. The summed E-state index contributed by atoms with van der Waals surface area (Å²) in [6.07, 6.45) is 1.80. The van der Waals surface area contributed by atoms with Gasteiger partial charge in [0, 0.05) is 33.3 Å². The summed E-state index contributed by atoms with van der Waals surface area (Å²) >= 11 is 0. The first kappa shape index (κ1) is 15.7. The monoisotopic (exact) mass is 304 g/mol. The highest BCUT2D eigenvalue weighted by Gasteiger charge is 2.11. The van der Waals surface area contributed by atoms with E-state index in [1.807, 2.05) is 0 Å². The Bertz CT molecular complexity index is 682. The highest BCUT2D eigenvalue weighted by atomic mass is 19.1. The lowest BCUT2D eigenvalue weighted by molar-refractivity contribution is -0.128. The van der Waals surface area contributed by atoms with E-state index < -0.39 is 0 Å². The summed E-state index contributed by atoms with van der Waals surface area (Å²) in [5.74, 6) is -0.812. The van der Waals surface area contributed by atoms with Crippen LogP contribution >= 0.6 is 0 Å². The molecular formula is C15H17FN4O2. The van der Waals surface area contributed by atoms with Gasteiger partial charge in [-0.1, -0.05) is 6.07 Å². The minimum atomic E-state index is -0.374. The van der Waals surface area contributed by atoms with Crippen LogP contribution in [0.25, 0.3) is 5.69 Å². The molecule has 0 fully saturated rings. The van der Waals surface area contributed by atoms with Crippen molar-refractivity contribution in [3.8, 4) is 5.69 Å². The maximum Gasteiger partial charge on any atom is 0.271 e. The van der Waals surface area contributed by atoms with E-state index in [0.29, 0.717) is 5.69 Å². The van der Waals surface area contributed by atoms with Crippen molar-refractivity contribution in [2.24, 2.45) is 0 Å². The Hall–Kier alpha value is -2.70. The van der Waals surface area contributed by atoms with Crippen molar-refractivity contribution in [2.45, 2.75) is 6.42 Å². The molecule has 2 aromatic rings. The Morgan fingerprint density at radius 3 is 2.77 bits per heavy atom. The first-order valence-electron chi connectivity index (χ1n) is 6.77. The van der Waals surface area contributed by atoms with Gasteiger partial charge in [-0.25, -0.2) is 9.07 Å². The number of amides is 2. The number of carbonyl (C=O) groups excluding carboxylic acids is 2. The van der Waals surface area contributed by atoms with E-state index in [9.17, 15) is 14.0 Å². The molecule has 0 bridgehead atoms. The van der Waals surface area contributed by atoms with Gasteiger partial charge < -0.3 is 10.2 Å². The molecule has 1 aromatic heterocycles. The fourth-order valence-corrected chi connectivity index (χ4v) is 1.80. The highest BCUT2D eigenvalue weighted by Crippen LogP contribution is 2.09. The predicted octanol–water partition coefficient (Wildman–Crippen LogP) is 1.22. The van der Waals surface area contributed by atoms with Crippen LogP contribution in [-0.2, 0) is 4.79 Å². The number of rotatable bonds is 5. The normalized spacial score (nSPS) is 10.3. The molecule has 0 aliphatic carbocycles. The molecule has 0 aliphatic heterocycles. The summed E-state index contributed by atoms with van der Waals surface area (Å²) in [6.45, 7) is 0.239. The van der Waals surface area contributed by atoms with Gasteiger partial charge in [-0.05, 0) is 24.3 Å². The van der Waals surface area contributed by atoms with Crippen molar-refractivity contribution in [3.63, 3.8) is 0 Å². The number of carbonyl (C=O) groups is 2. The van der Waals surface area contributed by atoms with Gasteiger partial charge in [-0.2, -0.15) is 5.10 Å². The second kappa shape index (κ2) is 6.84. The smallest absolute Gasteiger partial charge is 0.271 e. The van der Waals surface area contributed by atoms with Crippen molar-refractivity contribution in [2.75, 3.05) is 20.6 Å². The number of hydrogen-bond acceptors (Lipinski definition) is 3. The van der Waals surface area contributed by atoms with E-state index in [0.717, 1.165) is 0 Å². The van der Waals surface area contributed by atoms with Gasteiger partial charge in [0.1, 0.15) is 5.82 Å². The predicted molar refractivity (Wildman–Crippen MR) is 79.2 cm³/mol. The Labute approximate surface area is 127 Å². The molecular weight excluding hydrogens is 287 g/mol. The number of halogens is 1. The van der Waals surface area contributed by atoms with E-state index in [2.05, 4.69) is 10.4 Å².